The van der Waals surface area contributed by atoms with Crippen molar-refractivity contribution < 1.29 is 14.1 Å². The van der Waals surface area contributed by atoms with Crippen molar-refractivity contribution >= 4 is 16.9 Å². The number of amides is 1. The summed E-state index contributed by atoms with van der Waals surface area (Å²) in [6.45, 7) is 0.467. The van der Waals surface area contributed by atoms with Crippen LogP contribution in [0.2, 0.25) is 0 Å². The zero-order valence-corrected chi connectivity index (χ0v) is 19.8. The largest absolute Gasteiger partial charge is 0.497 e. The lowest BCUT2D eigenvalue weighted by molar-refractivity contribution is 0.0948. The van der Waals surface area contributed by atoms with Crippen LogP contribution in [-0.2, 0) is 20.5 Å². The Hall–Kier alpha value is -4.28. The number of carbonyl (C=O) groups excluding carboxylic acids is 1. The lowest BCUT2D eigenvalue weighted by Gasteiger charge is -2.08. The Morgan fingerprint density at radius 2 is 1.77 bits per heavy atom. The Morgan fingerprint density at radius 1 is 1.00 bits per heavy atom. The van der Waals surface area contributed by atoms with Crippen molar-refractivity contribution in [3.8, 4) is 17.1 Å². The molecule has 0 fully saturated rings. The molecule has 0 unspecified atom stereocenters. The number of ether oxygens (including phenoxy) is 1. The van der Waals surface area contributed by atoms with Crippen LogP contribution >= 0.6 is 0 Å². The lowest BCUT2D eigenvalue weighted by atomic mass is 10.2. The highest BCUT2D eigenvalue weighted by molar-refractivity contribution is 5.94. The molecular formula is C24H26N6O5. The Balaban J connectivity index is 1.25. The normalized spacial score (nSPS) is 11.1. The maximum Gasteiger partial charge on any atom is 0.332 e. The van der Waals surface area contributed by atoms with Crippen molar-refractivity contribution in [2.75, 3.05) is 13.7 Å². The highest BCUT2D eigenvalue weighted by Crippen LogP contribution is 2.20. The number of hydrogen-bond acceptors (Lipinski definition) is 8. The lowest BCUT2D eigenvalue weighted by Crippen LogP contribution is -2.37. The fraction of sp³-hybridized carbons (Fsp3) is 0.333. The molecule has 3 aromatic heterocycles. The van der Waals surface area contributed by atoms with Crippen LogP contribution in [0, 0.1) is 0 Å². The Labute approximate surface area is 200 Å². The second kappa shape index (κ2) is 10.3. The van der Waals surface area contributed by atoms with E-state index >= 15 is 0 Å². The van der Waals surface area contributed by atoms with E-state index in [1.165, 1.54) is 30.8 Å². The molecule has 0 saturated carbocycles. The van der Waals surface area contributed by atoms with E-state index in [1.807, 2.05) is 24.3 Å². The van der Waals surface area contributed by atoms with Crippen LogP contribution in [0.5, 0.6) is 5.75 Å². The minimum absolute atomic E-state index is 0.151. The summed E-state index contributed by atoms with van der Waals surface area (Å²) in [5, 5.41) is 7.13. The molecule has 0 radical (unpaired) electrons. The monoisotopic (exact) mass is 478 g/mol. The zero-order valence-electron chi connectivity index (χ0n) is 19.8. The second-order valence-corrected chi connectivity index (χ2v) is 8.08. The van der Waals surface area contributed by atoms with Gasteiger partial charge in [0, 0.05) is 32.6 Å². The van der Waals surface area contributed by atoms with E-state index in [9.17, 15) is 14.4 Å². The van der Waals surface area contributed by atoms with Gasteiger partial charge in [-0.2, -0.15) is 4.98 Å². The molecule has 1 N–H and O–H groups in total. The van der Waals surface area contributed by atoms with Crippen molar-refractivity contribution in [1.29, 1.82) is 0 Å². The molecule has 1 aromatic carbocycles. The van der Waals surface area contributed by atoms with Crippen LogP contribution in [0.3, 0.4) is 0 Å². The van der Waals surface area contributed by atoms with Gasteiger partial charge in [-0.15, -0.1) is 0 Å². The molecule has 11 nitrogen and oxygen atoms in total. The molecule has 0 spiro atoms. The Kier molecular flexibility index (Phi) is 7.04. The van der Waals surface area contributed by atoms with Gasteiger partial charge in [-0.3, -0.25) is 18.7 Å². The third kappa shape index (κ3) is 5.13. The molecule has 0 atom stereocenters. The molecule has 4 aromatic rings. The van der Waals surface area contributed by atoms with Crippen LogP contribution in [0.15, 0.2) is 50.5 Å². The molecule has 182 valence electrons. The molecule has 11 heteroatoms. The molecule has 0 aliphatic rings. The van der Waals surface area contributed by atoms with Gasteiger partial charge in [-0.05, 0) is 49.2 Å². The van der Waals surface area contributed by atoms with E-state index in [1.54, 1.807) is 7.11 Å². The summed E-state index contributed by atoms with van der Waals surface area (Å²) in [6, 6.07) is 10.4. The molecule has 0 aliphatic carbocycles. The number of carbonyl (C=O) groups is 1. The number of pyridine rings is 1. The maximum atomic E-state index is 12.5. The van der Waals surface area contributed by atoms with Gasteiger partial charge in [-0.1, -0.05) is 11.6 Å². The van der Waals surface area contributed by atoms with Crippen molar-refractivity contribution in [2.24, 2.45) is 14.1 Å². The summed E-state index contributed by atoms with van der Waals surface area (Å²) in [7, 11) is 4.53. The fourth-order valence-electron chi connectivity index (χ4n) is 3.66. The standard InChI is InChI=1S/C24H26N6O5/c1-29-21-17(23(32)30(2)24(29)33)12-13-18(26-21)22(31)25-14-6-4-5-7-19-27-20(28-35-19)15-8-10-16(34-3)11-9-15/h8-13H,4-7,14H2,1-3H3,(H,25,31). The first-order valence-corrected chi connectivity index (χ1v) is 11.2. The summed E-state index contributed by atoms with van der Waals surface area (Å²) in [4.78, 5) is 45.5. The number of fused-ring (bicyclic) bond motifs is 1. The minimum Gasteiger partial charge on any atom is -0.497 e. The maximum absolute atomic E-state index is 12.5. The number of nitrogens with one attached hydrogen (secondary N) is 1. The third-order valence-electron chi connectivity index (χ3n) is 5.70. The van der Waals surface area contributed by atoms with Gasteiger partial charge < -0.3 is 14.6 Å². The SMILES string of the molecule is COc1ccc(-c2noc(CCCCCNC(=O)c3ccc4c(=O)n(C)c(=O)n(C)c4n3)n2)cc1. The average Bonchev–Trinajstić information content (AvgIpc) is 3.36. The molecule has 0 bridgehead atoms. The smallest absolute Gasteiger partial charge is 0.332 e. The number of unbranched alkanes of at least 4 members (excludes halogenated alkanes) is 2. The van der Waals surface area contributed by atoms with Gasteiger partial charge in [0.2, 0.25) is 11.7 Å². The quantitative estimate of drug-likeness (QED) is 0.360. The number of nitrogens with zero attached hydrogens (tertiary/aromatic N) is 5. The van der Waals surface area contributed by atoms with Gasteiger partial charge in [0.05, 0.1) is 12.5 Å². The van der Waals surface area contributed by atoms with Crippen molar-refractivity contribution in [1.82, 2.24) is 29.6 Å². The first kappa shape index (κ1) is 23.9. The van der Waals surface area contributed by atoms with Gasteiger partial charge >= 0.3 is 5.69 Å². The van der Waals surface area contributed by atoms with Gasteiger partial charge in [0.25, 0.3) is 11.5 Å². The number of methoxy groups -OCH3 is 1. The summed E-state index contributed by atoms with van der Waals surface area (Å²) in [5.41, 5.74) is 0.244. The van der Waals surface area contributed by atoms with Crippen LogP contribution in [-0.4, -0.2) is 43.8 Å². The Bertz CT molecular complexity index is 1470. The number of hydrogen-bond donors (Lipinski definition) is 1. The molecule has 0 saturated heterocycles. The van der Waals surface area contributed by atoms with E-state index in [0.717, 1.165) is 35.1 Å². The van der Waals surface area contributed by atoms with E-state index in [4.69, 9.17) is 9.26 Å². The molecular weight excluding hydrogens is 452 g/mol. The van der Waals surface area contributed by atoms with Gasteiger partial charge in [0.1, 0.15) is 17.1 Å². The van der Waals surface area contributed by atoms with Crippen LogP contribution in [0.25, 0.3) is 22.4 Å². The zero-order chi connectivity index (χ0) is 24.9. The molecule has 0 aliphatic heterocycles. The molecule has 3 heterocycles. The summed E-state index contributed by atoms with van der Waals surface area (Å²) in [6.07, 6.45) is 3.10. The molecule has 4 rings (SSSR count). The van der Waals surface area contributed by atoms with Crippen LogP contribution < -0.4 is 21.3 Å². The van der Waals surface area contributed by atoms with Crippen LogP contribution in [0.1, 0.15) is 35.6 Å². The number of aromatic nitrogens is 5. The molecule has 35 heavy (non-hydrogen) atoms. The molecule has 1 amide bonds. The minimum atomic E-state index is -0.495. The van der Waals surface area contributed by atoms with Crippen molar-refractivity contribution in [3.05, 3.63) is 68.8 Å². The number of benzene rings is 1. The van der Waals surface area contributed by atoms with Gasteiger partial charge in [0.15, 0.2) is 0 Å². The summed E-state index contributed by atoms with van der Waals surface area (Å²) >= 11 is 0. The predicted octanol–water partition coefficient (Wildman–Crippen LogP) is 1.83. The fourth-order valence-corrected chi connectivity index (χ4v) is 3.66. The van der Waals surface area contributed by atoms with Gasteiger partial charge in [-0.25, -0.2) is 9.78 Å². The number of aryl methyl sites for hydroxylation is 2. The van der Waals surface area contributed by atoms with E-state index in [0.29, 0.717) is 24.7 Å². The topological polar surface area (TPSA) is 134 Å². The van der Waals surface area contributed by atoms with Crippen molar-refractivity contribution in [3.63, 3.8) is 0 Å². The van der Waals surface area contributed by atoms with E-state index < -0.39 is 11.2 Å². The second-order valence-electron chi connectivity index (χ2n) is 8.08. The highest BCUT2D eigenvalue weighted by Gasteiger charge is 2.14. The average molecular weight is 479 g/mol. The summed E-state index contributed by atoms with van der Waals surface area (Å²) in [5.74, 6) is 1.50. The van der Waals surface area contributed by atoms with Crippen molar-refractivity contribution in [2.45, 2.75) is 25.7 Å². The summed E-state index contributed by atoms with van der Waals surface area (Å²) < 4.78 is 12.7. The van der Waals surface area contributed by atoms with Crippen LogP contribution in [0.4, 0.5) is 0 Å². The predicted molar refractivity (Wildman–Crippen MR) is 128 cm³/mol. The number of rotatable bonds is 9. The van der Waals surface area contributed by atoms with E-state index in [2.05, 4.69) is 20.4 Å². The Morgan fingerprint density at radius 3 is 2.51 bits per heavy atom. The third-order valence-corrected chi connectivity index (χ3v) is 5.70. The van der Waals surface area contributed by atoms with E-state index in [-0.39, 0.29) is 22.6 Å². The first-order chi connectivity index (χ1) is 16.9. The first-order valence-electron chi connectivity index (χ1n) is 11.2. The highest BCUT2D eigenvalue weighted by atomic mass is 16.5.